The average Bonchev–Trinajstić information content (AvgIpc) is 2.78. The number of hydrogen-bond acceptors (Lipinski definition) is 2. The number of likely N-dealkylation sites (tertiary alicyclic amines) is 1. The number of benzene rings is 1. The summed E-state index contributed by atoms with van der Waals surface area (Å²) in [6.45, 7) is 6.28. The fraction of sp³-hybridized carbons (Fsp3) is 0.467. The molecule has 1 heterocycles. The molecule has 0 saturated carbocycles. The molecule has 1 aromatic carbocycles. The maximum atomic E-state index is 12.3. The summed E-state index contributed by atoms with van der Waals surface area (Å²) < 4.78 is 0. The Labute approximate surface area is 118 Å². The second-order valence-electron chi connectivity index (χ2n) is 5.73. The normalized spacial score (nSPS) is 21.9. The number of amides is 2. The predicted octanol–water partition coefficient (Wildman–Crippen LogP) is 2.63. The van der Waals surface area contributed by atoms with E-state index in [2.05, 4.69) is 5.32 Å². The van der Waals surface area contributed by atoms with Gasteiger partial charge in [-0.3, -0.25) is 4.79 Å². The van der Waals surface area contributed by atoms with Gasteiger partial charge in [0.15, 0.2) is 0 Å². The van der Waals surface area contributed by atoms with Crippen molar-refractivity contribution in [3.8, 4) is 0 Å². The number of nitrogens with one attached hydrogen (secondary N) is 1. The Morgan fingerprint density at radius 1 is 1.30 bits per heavy atom. The molecule has 0 radical (unpaired) electrons. The van der Waals surface area contributed by atoms with E-state index in [4.69, 9.17) is 0 Å². The average molecular weight is 276 g/mol. The first-order valence-corrected chi connectivity index (χ1v) is 6.69. The third-order valence-corrected chi connectivity index (χ3v) is 3.99. The van der Waals surface area contributed by atoms with Gasteiger partial charge in [-0.15, -0.1) is 0 Å². The molecule has 1 unspecified atom stereocenters. The molecule has 2 rings (SSSR count). The Balaban J connectivity index is 2.09. The zero-order valence-electron chi connectivity index (χ0n) is 12.1. The largest absolute Gasteiger partial charge is 0.481 e. The Bertz CT molecular complexity index is 536. The first-order valence-electron chi connectivity index (χ1n) is 6.69. The molecule has 2 amide bonds. The summed E-state index contributed by atoms with van der Waals surface area (Å²) in [6.07, 6.45) is 0.489. The quantitative estimate of drug-likeness (QED) is 0.872. The second-order valence-corrected chi connectivity index (χ2v) is 5.73. The molecule has 1 fully saturated rings. The second kappa shape index (κ2) is 5.15. The topological polar surface area (TPSA) is 69.6 Å². The first-order chi connectivity index (χ1) is 9.33. The number of aliphatic carboxylic acids is 1. The van der Waals surface area contributed by atoms with Crippen LogP contribution in [0.15, 0.2) is 18.2 Å². The molecule has 0 aromatic heterocycles. The molecule has 0 bridgehead atoms. The zero-order chi connectivity index (χ0) is 14.9. The van der Waals surface area contributed by atoms with E-state index in [-0.39, 0.29) is 12.6 Å². The van der Waals surface area contributed by atoms with E-state index in [1.165, 1.54) is 0 Å². The third kappa shape index (κ3) is 2.61. The van der Waals surface area contributed by atoms with Crippen LogP contribution in [0.1, 0.15) is 24.5 Å². The number of carbonyl (C=O) groups is 2. The van der Waals surface area contributed by atoms with Gasteiger partial charge in [-0.2, -0.15) is 0 Å². The number of carboxylic acids is 1. The molecule has 1 saturated heterocycles. The van der Waals surface area contributed by atoms with Crippen LogP contribution in [-0.4, -0.2) is 35.1 Å². The van der Waals surface area contributed by atoms with E-state index < -0.39 is 11.4 Å². The van der Waals surface area contributed by atoms with Gasteiger partial charge in [0.05, 0.1) is 5.41 Å². The lowest BCUT2D eigenvalue weighted by Crippen LogP contribution is -2.37. The molecule has 1 aromatic rings. The van der Waals surface area contributed by atoms with Gasteiger partial charge in [0.1, 0.15) is 0 Å². The molecule has 5 heteroatoms. The van der Waals surface area contributed by atoms with Crippen LogP contribution in [0.3, 0.4) is 0 Å². The van der Waals surface area contributed by atoms with Crippen LogP contribution in [0.5, 0.6) is 0 Å². The number of carboxylic acid groups (broad SMARTS) is 1. The lowest BCUT2D eigenvalue weighted by Gasteiger charge is -2.21. The standard InChI is InChI=1S/C15H20N2O3/c1-10-5-4-6-11(2)12(10)16-14(20)17-8-7-15(3,9-17)13(18)19/h4-6H,7-9H2,1-3H3,(H,16,20)(H,18,19). The minimum atomic E-state index is -0.847. The van der Waals surface area contributed by atoms with Crippen molar-refractivity contribution in [2.75, 3.05) is 18.4 Å². The number of nitrogens with zero attached hydrogens (tertiary/aromatic N) is 1. The molecule has 0 spiro atoms. The summed E-state index contributed by atoms with van der Waals surface area (Å²) in [4.78, 5) is 25.0. The Kier molecular flexibility index (Phi) is 3.70. The Morgan fingerprint density at radius 3 is 2.40 bits per heavy atom. The van der Waals surface area contributed by atoms with Gasteiger partial charge in [-0.1, -0.05) is 18.2 Å². The van der Waals surface area contributed by atoms with Crippen molar-refractivity contribution >= 4 is 17.7 Å². The number of hydrogen-bond donors (Lipinski definition) is 2. The lowest BCUT2D eigenvalue weighted by atomic mass is 9.90. The summed E-state index contributed by atoms with van der Waals surface area (Å²) >= 11 is 0. The minimum Gasteiger partial charge on any atom is -0.481 e. The van der Waals surface area contributed by atoms with Crippen LogP contribution < -0.4 is 5.32 Å². The van der Waals surface area contributed by atoms with Crippen molar-refractivity contribution in [2.24, 2.45) is 5.41 Å². The van der Waals surface area contributed by atoms with Gasteiger partial charge in [0.25, 0.3) is 0 Å². The number of urea groups is 1. The SMILES string of the molecule is Cc1cccc(C)c1NC(=O)N1CCC(C)(C(=O)O)C1. The van der Waals surface area contributed by atoms with E-state index in [9.17, 15) is 14.7 Å². The van der Waals surface area contributed by atoms with Crippen LogP contribution in [0.2, 0.25) is 0 Å². The maximum absolute atomic E-state index is 12.3. The molecule has 2 N–H and O–H groups in total. The highest BCUT2D eigenvalue weighted by molar-refractivity contribution is 5.92. The highest BCUT2D eigenvalue weighted by atomic mass is 16.4. The molecule has 20 heavy (non-hydrogen) atoms. The van der Waals surface area contributed by atoms with E-state index >= 15 is 0 Å². The first kappa shape index (κ1) is 14.4. The number of para-hydroxylation sites is 1. The Hall–Kier alpha value is -2.04. The van der Waals surface area contributed by atoms with E-state index in [1.807, 2.05) is 32.0 Å². The summed E-state index contributed by atoms with van der Waals surface area (Å²) in [5.41, 5.74) is 1.97. The van der Waals surface area contributed by atoms with Gasteiger partial charge < -0.3 is 15.3 Å². The van der Waals surface area contributed by atoms with Gasteiger partial charge in [0, 0.05) is 18.8 Å². The fourth-order valence-corrected chi connectivity index (χ4v) is 2.51. The monoisotopic (exact) mass is 276 g/mol. The third-order valence-electron chi connectivity index (χ3n) is 3.99. The summed E-state index contributed by atoms with van der Waals surface area (Å²) in [7, 11) is 0. The maximum Gasteiger partial charge on any atom is 0.321 e. The molecule has 1 atom stereocenters. The highest BCUT2D eigenvalue weighted by Crippen LogP contribution is 2.30. The van der Waals surface area contributed by atoms with Crippen LogP contribution in [0.25, 0.3) is 0 Å². The van der Waals surface area contributed by atoms with Crippen molar-refractivity contribution in [2.45, 2.75) is 27.2 Å². The molecular formula is C15H20N2O3. The summed E-state index contributed by atoms with van der Waals surface area (Å²) in [5.74, 6) is -0.847. The molecule has 0 aliphatic carbocycles. The molecule has 1 aliphatic heterocycles. The van der Waals surface area contributed by atoms with Crippen LogP contribution in [0.4, 0.5) is 10.5 Å². The zero-order valence-corrected chi connectivity index (χ0v) is 12.1. The van der Waals surface area contributed by atoms with E-state index in [0.29, 0.717) is 13.0 Å². The number of aryl methyl sites for hydroxylation is 2. The minimum absolute atomic E-state index is 0.229. The van der Waals surface area contributed by atoms with Crippen LogP contribution in [0, 0.1) is 19.3 Å². The van der Waals surface area contributed by atoms with Crippen molar-refractivity contribution in [1.29, 1.82) is 0 Å². The number of rotatable bonds is 2. The lowest BCUT2D eigenvalue weighted by molar-refractivity contribution is -0.146. The van der Waals surface area contributed by atoms with Crippen molar-refractivity contribution in [3.63, 3.8) is 0 Å². The van der Waals surface area contributed by atoms with Crippen molar-refractivity contribution in [1.82, 2.24) is 4.90 Å². The van der Waals surface area contributed by atoms with Gasteiger partial charge in [0.2, 0.25) is 0 Å². The molecule has 5 nitrogen and oxygen atoms in total. The van der Waals surface area contributed by atoms with E-state index in [0.717, 1.165) is 16.8 Å². The van der Waals surface area contributed by atoms with Crippen LogP contribution >= 0.6 is 0 Å². The molecule has 1 aliphatic rings. The summed E-state index contributed by atoms with van der Waals surface area (Å²) in [5, 5.41) is 12.1. The van der Waals surface area contributed by atoms with Gasteiger partial charge in [-0.25, -0.2) is 4.79 Å². The van der Waals surface area contributed by atoms with Crippen LogP contribution in [-0.2, 0) is 4.79 Å². The highest BCUT2D eigenvalue weighted by Gasteiger charge is 2.42. The predicted molar refractivity (Wildman–Crippen MR) is 76.9 cm³/mol. The van der Waals surface area contributed by atoms with Crippen molar-refractivity contribution < 1.29 is 14.7 Å². The van der Waals surface area contributed by atoms with Crippen molar-refractivity contribution in [3.05, 3.63) is 29.3 Å². The smallest absolute Gasteiger partial charge is 0.321 e. The summed E-state index contributed by atoms with van der Waals surface area (Å²) in [6, 6.07) is 5.59. The van der Waals surface area contributed by atoms with Gasteiger partial charge >= 0.3 is 12.0 Å². The molecule has 108 valence electrons. The Morgan fingerprint density at radius 2 is 1.90 bits per heavy atom. The number of carbonyl (C=O) groups excluding carboxylic acids is 1. The number of anilines is 1. The molecular weight excluding hydrogens is 256 g/mol. The van der Waals surface area contributed by atoms with Gasteiger partial charge in [-0.05, 0) is 38.3 Å². The van der Waals surface area contributed by atoms with E-state index in [1.54, 1.807) is 11.8 Å². The fourth-order valence-electron chi connectivity index (χ4n) is 2.51.